The van der Waals surface area contributed by atoms with Crippen LogP contribution in [-0.4, -0.2) is 104 Å². The van der Waals surface area contributed by atoms with Gasteiger partial charge in [0, 0.05) is 38.8 Å². The molecule has 0 aromatic heterocycles. The van der Waals surface area contributed by atoms with Gasteiger partial charge in [-0.3, -0.25) is 19.2 Å². The number of rotatable bonds is 13. The number of hydrogen-bond acceptors (Lipinski definition) is 7. The molecular formula is C34H57N7O7S. The minimum atomic E-state index is -3.67. The van der Waals surface area contributed by atoms with Crippen molar-refractivity contribution in [1.29, 1.82) is 0 Å². The number of carbonyl (C=O) groups is 5. The van der Waals surface area contributed by atoms with Gasteiger partial charge in [0.15, 0.2) is 0 Å². The Balaban J connectivity index is 1.52. The van der Waals surface area contributed by atoms with Crippen LogP contribution in [0.25, 0.3) is 0 Å². The van der Waals surface area contributed by atoms with Crippen LogP contribution in [0.4, 0.5) is 4.79 Å². The number of Topliss-reactive ketones (excluding diaryl/α,β-unsaturated/α-hetero) is 1. The lowest BCUT2D eigenvalue weighted by molar-refractivity contribution is -0.145. The first-order chi connectivity index (χ1) is 22.6. The van der Waals surface area contributed by atoms with Crippen LogP contribution in [-0.2, 0) is 29.4 Å². The van der Waals surface area contributed by atoms with Gasteiger partial charge in [-0.2, -0.15) is 12.7 Å². The summed E-state index contributed by atoms with van der Waals surface area (Å²) in [6.45, 7) is 20.0. The van der Waals surface area contributed by atoms with E-state index in [0.29, 0.717) is 32.5 Å². The molecule has 4 aliphatic rings. The lowest BCUT2D eigenvalue weighted by Crippen LogP contribution is -2.63. The molecule has 4 rings (SSSR count). The van der Waals surface area contributed by atoms with Crippen molar-refractivity contribution in [2.45, 2.75) is 105 Å². The molecule has 6 atom stereocenters. The molecule has 2 aliphatic heterocycles. The van der Waals surface area contributed by atoms with E-state index in [1.54, 1.807) is 0 Å². The highest BCUT2D eigenvalue weighted by Gasteiger charge is 2.70. The molecular weight excluding hydrogens is 650 g/mol. The number of nitrogens with one attached hydrogen (secondary N) is 5. The minimum absolute atomic E-state index is 0.0551. The largest absolute Gasteiger partial charge is 0.346 e. The van der Waals surface area contributed by atoms with Crippen molar-refractivity contribution in [2.75, 3.05) is 32.7 Å². The first-order valence-corrected chi connectivity index (χ1v) is 18.9. The number of urea groups is 1. The molecule has 49 heavy (non-hydrogen) atoms. The fraction of sp³-hybridized carbons (Fsp3) is 0.794. The minimum Gasteiger partial charge on any atom is -0.346 e. The van der Waals surface area contributed by atoms with E-state index in [1.165, 1.54) is 15.3 Å². The van der Waals surface area contributed by atoms with Gasteiger partial charge in [-0.15, -0.1) is 6.58 Å². The summed E-state index contributed by atoms with van der Waals surface area (Å²) in [6, 6.07) is -4.13. The quantitative estimate of drug-likeness (QED) is 0.141. The molecule has 2 heterocycles. The number of likely N-dealkylation sites (tertiary alicyclic amines) is 1. The molecule has 0 bridgehead atoms. The molecule has 2 saturated heterocycles. The molecule has 276 valence electrons. The van der Waals surface area contributed by atoms with E-state index in [4.69, 9.17) is 0 Å². The van der Waals surface area contributed by atoms with Crippen molar-refractivity contribution in [2.24, 2.45) is 34.0 Å². The second kappa shape index (κ2) is 14.3. The summed E-state index contributed by atoms with van der Waals surface area (Å²) in [5, 5.41) is 11.1. The third kappa shape index (κ3) is 9.01. The first-order valence-electron chi connectivity index (χ1n) is 17.4. The molecule has 4 fully saturated rings. The third-order valence-corrected chi connectivity index (χ3v) is 12.2. The van der Waals surface area contributed by atoms with E-state index >= 15 is 0 Å². The van der Waals surface area contributed by atoms with Gasteiger partial charge in [0.2, 0.25) is 17.6 Å². The van der Waals surface area contributed by atoms with Gasteiger partial charge in [-0.25, -0.2) is 9.52 Å². The highest BCUT2D eigenvalue weighted by atomic mass is 32.2. The summed E-state index contributed by atoms with van der Waals surface area (Å²) in [5.74, 6) is -2.28. The van der Waals surface area contributed by atoms with E-state index < -0.39 is 74.7 Å². The number of hydrogen-bond donors (Lipinski definition) is 5. The van der Waals surface area contributed by atoms with Crippen LogP contribution in [0.15, 0.2) is 12.7 Å². The van der Waals surface area contributed by atoms with Crippen LogP contribution in [0.3, 0.4) is 0 Å². The van der Waals surface area contributed by atoms with Crippen molar-refractivity contribution in [1.82, 2.24) is 35.2 Å². The Morgan fingerprint density at radius 1 is 1.00 bits per heavy atom. The maximum atomic E-state index is 14.4. The number of carbonyl (C=O) groups excluding carboxylic acids is 5. The Morgan fingerprint density at radius 2 is 1.65 bits per heavy atom. The summed E-state index contributed by atoms with van der Waals surface area (Å²) in [6.07, 6.45) is 4.30. The van der Waals surface area contributed by atoms with Crippen LogP contribution in [0.1, 0.15) is 81.1 Å². The van der Waals surface area contributed by atoms with Crippen LogP contribution in [0, 0.1) is 34.0 Å². The number of amides is 5. The Hall–Kier alpha value is -3.04. The Morgan fingerprint density at radius 3 is 2.20 bits per heavy atom. The second-order valence-electron chi connectivity index (χ2n) is 16.9. The molecule has 0 spiro atoms. The summed E-state index contributed by atoms with van der Waals surface area (Å²) >= 11 is 0. The zero-order valence-electron chi connectivity index (χ0n) is 30.4. The average molecular weight is 708 g/mol. The van der Waals surface area contributed by atoms with E-state index in [0.717, 1.165) is 12.8 Å². The fourth-order valence-corrected chi connectivity index (χ4v) is 8.44. The zero-order chi connectivity index (χ0) is 36.7. The molecule has 0 aromatic rings. The SMILES string of the molecule is C=CCNC(=O)C(=O)C(CC1CC1)NC(=O)C1[C@@H]2[C@H](CN1C(=O)[C@@H](NC(=O)N[C@H](CN1CCCNS1(=O)=O)C(C)(C)C)C(C)(C)C)C2(C)C. The molecule has 15 heteroatoms. The molecule has 14 nitrogen and oxygen atoms in total. The number of piperidine rings is 1. The monoisotopic (exact) mass is 707 g/mol. The second-order valence-corrected chi connectivity index (χ2v) is 18.7. The normalized spacial score (nSPS) is 26.4. The van der Waals surface area contributed by atoms with E-state index in [9.17, 15) is 32.4 Å². The van der Waals surface area contributed by atoms with Crippen molar-refractivity contribution in [3.05, 3.63) is 12.7 Å². The Labute approximate surface area is 291 Å². The topological polar surface area (TPSA) is 186 Å². The summed E-state index contributed by atoms with van der Waals surface area (Å²) in [7, 11) is -3.67. The molecule has 2 aliphatic carbocycles. The van der Waals surface area contributed by atoms with Gasteiger partial charge in [0.25, 0.3) is 16.1 Å². The van der Waals surface area contributed by atoms with Gasteiger partial charge < -0.3 is 26.2 Å². The van der Waals surface area contributed by atoms with Crippen molar-refractivity contribution in [3.63, 3.8) is 0 Å². The fourth-order valence-electron chi connectivity index (χ4n) is 7.14. The van der Waals surface area contributed by atoms with Crippen LogP contribution < -0.4 is 26.0 Å². The van der Waals surface area contributed by atoms with Gasteiger partial charge in [-0.1, -0.05) is 74.3 Å². The van der Waals surface area contributed by atoms with Crippen molar-refractivity contribution in [3.8, 4) is 0 Å². The highest BCUT2D eigenvalue weighted by molar-refractivity contribution is 7.87. The molecule has 2 unspecified atom stereocenters. The number of ketones is 1. The standard InChI is InChI=1S/C34H57N7O7S/c1-10-14-35-29(44)26(42)22(17-20-12-13-20)37-28(43)25-24-21(34(24,8)9)18-41(25)30(45)27(33(5,6)7)39-31(46)38-23(32(2,3)4)19-40-16-11-15-36-49(40,47)48/h10,20-25,27,36H,1,11-19H2,2-9H3,(H,35,44)(H,37,43)(H2,38,39,46)/t21-,22?,23+,24-,25?,27+/m0/s1. The number of fused-ring (bicyclic) bond motifs is 1. The molecule has 5 N–H and O–H groups in total. The van der Waals surface area contributed by atoms with E-state index in [1.807, 2.05) is 41.5 Å². The predicted octanol–water partition coefficient (Wildman–Crippen LogP) is 1.29. The Bertz CT molecular complexity index is 1430. The summed E-state index contributed by atoms with van der Waals surface area (Å²) < 4.78 is 29.1. The summed E-state index contributed by atoms with van der Waals surface area (Å²) in [4.78, 5) is 69.3. The predicted molar refractivity (Wildman–Crippen MR) is 185 cm³/mol. The van der Waals surface area contributed by atoms with Gasteiger partial charge in [-0.05, 0) is 46.8 Å². The average Bonchev–Trinajstić information content (AvgIpc) is 3.84. The van der Waals surface area contributed by atoms with E-state index in [-0.39, 0.29) is 36.3 Å². The smallest absolute Gasteiger partial charge is 0.315 e. The molecule has 5 amide bonds. The van der Waals surface area contributed by atoms with Gasteiger partial charge in [0.1, 0.15) is 12.1 Å². The van der Waals surface area contributed by atoms with Crippen LogP contribution in [0.2, 0.25) is 0 Å². The lowest BCUT2D eigenvalue weighted by Gasteiger charge is -2.39. The third-order valence-electron chi connectivity index (χ3n) is 10.6. The maximum Gasteiger partial charge on any atom is 0.315 e. The lowest BCUT2D eigenvalue weighted by atomic mass is 9.85. The van der Waals surface area contributed by atoms with Crippen LogP contribution >= 0.6 is 0 Å². The van der Waals surface area contributed by atoms with Gasteiger partial charge in [0.05, 0.1) is 6.04 Å². The van der Waals surface area contributed by atoms with Crippen LogP contribution in [0.5, 0.6) is 0 Å². The molecule has 2 saturated carbocycles. The first kappa shape index (κ1) is 38.8. The zero-order valence-corrected chi connectivity index (χ0v) is 31.2. The maximum absolute atomic E-state index is 14.4. The highest BCUT2D eigenvalue weighted by Crippen LogP contribution is 2.65. The Kier molecular flexibility index (Phi) is 11.3. The van der Waals surface area contributed by atoms with Crippen molar-refractivity contribution >= 4 is 39.7 Å². The van der Waals surface area contributed by atoms with E-state index in [2.05, 4.69) is 46.4 Å². The summed E-state index contributed by atoms with van der Waals surface area (Å²) in [5.41, 5.74) is -1.49. The van der Waals surface area contributed by atoms with Gasteiger partial charge >= 0.3 is 6.03 Å². The molecule has 0 aromatic carbocycles. The molecule has 0 radical (unpaired) electrons. The van der Waals surface area contributed by atoms with Crippen molar-refractivity contribution < 1.29 is 32.4 Å². The number of nitrogens with zero attached hydrogens (tertiary/aromatic N) is 2.